The third-order valence-electron chi connectivity index (χ3n) is 13.0. The summed E-state index contributed by atoms with van der Waals surface area (Å²) in [5, 5.41) is 0. The molecule has 0 N–H and O–H groups in total. The van der Waals surface area contributed by atoms with Gasteiger partial charge in [-0.1, -0.05) is 269 Å². The van der Waals surface area contributed by atoms with Crippen LogP contribution in [-0.4, -0.2) is 37.2 Å². The number of unbranched alkanes of at least 4 members (excludes halogenated alkanes) is 19. The topological polar surface area (TPSA) is 78.9 Å². The summed E-state index contributed by atoms with van der Waals surface area (Å²) in [7, 11) is 0. The highest BCUT2D eigenvalue weighted by Crippen LogP contribution is 2.15. The van der Waals surface area contributed by atoms with Crippen LogP contribution in [0.15, 0.2) is 158 Å². The van der Waals surface area contributed by atoms with E-state index in [4.69, 9.17) is 14.2 Å². The standard InChI is InChI=1S/C73H116O6/c1-4-7-10-13-16-19-22-25-28-31-32-33-34-35-36-37-38-39-40-43-45-48-51-54-57-60-63-66-72(75)78-69-70(79-73(76)67-64-61-58-55-52-49-46-42-30-27-24-21-18-15-12-9-6-3)68-77-71(74)65-62-59-56-53-50-47-44-41-29-26-23-20-17-14-11-8-5-2/h7-12,16-21,25-30,32-33,44,46-47,49,55,58,70H,4-6,13-15,22-24,31,34-43,45,48,50-54,56-57,59-69H2,1-3H3/b10-7-,11-8-,12-9-,19-16-,20-17-,21-18-,28-25-,29-26-,30-27-,33-32-,47-44-,49-46-,58-55-. The van der Waals surface area contributed by atoms with Crippen LogP contribution in [0.4, 0.5) is 0 Å². The first-order valence-corrected chi connectivity index (χ1v) is 32.0. The molecule has 0 saturated carbocycles. The Bertz CT molecular complexity index is 1780. The zero-order valence-electron chi connectivity index (χ0n) is 50.8. The predicted molar refractivity (Wildman–Crippen MR) is 343 cm³/mol. The highest BCUT2D eigenvalue weighted by molar-refractivity contribution is 5.71. The summed E-state index contributed by atoms with van der Waals surface area (Å²) in [4.78, 5) is 38.3. The third kappa shape index (κ3) is 63.7. The number of hydrogen-bond donors (Lipinski definition) is 0. The van der Waals surface area contributed by atoms with Crippen molar-refractivity contribution in [2.45, 2.75) is 271 Å². The molecule has 6 nitrogen and oxygen atoms in total. The van der Waals surface area contributed by atoms with E-state index in [0.717, 1.165) is 141 Å². The highest BCUT2D eigenvalue weighted by atomic mass is 16.6. The molecule has 6 heteroatoms. The van der Waals surface area contributed by atoms with E-state index in [2.05, 4.69) is 179 Å². The number of allylic oxidation sites excluding steroid dienone is 26. The Balaban J connectivity index is 4.42. The monoisotopic (exact) mass is 1090 g/mol. The van der Waals surface area contributed by atoms with Crippen molar-refractivity contribution < 1.29 is 28.6 Å². The van der Waals surface area contributed by atoms with E-state index >= 15 is 0 Å². The lowest BCUT2D eigenvalue weighted by molar-refractivity contribution is -0.167. The Kier molecular flexibility index (Phi) is 61.4. The van der Waals surface area contributed by atoms with E-state index < -0.39 is 6.10 Å². The molecule has 0 aromatic carbocycles. The highest BCUT2D eigenvalue weighted by Gasteiger charge is 2.19. The van der Waals surface area contributed by atoms with Crippen LogP contribution in [0.5, 0.6) is 0 Å². The van der Waals surface area contributed by atoms with Gasteiger partial charge >= 0.3 is 17.9 Å². The van der Waals surface area contributed by atoms with Crippen molar-refractivity contribution in [2.24, 2.45) is 0 Å². The van der Waals surface area contributed by atoms with E-state index in [1.54, 1.807) is 0 Å². The fourth-order valence-corrected chi connectivity index (χ4v) is 8.34. The zero-order chi connectivity index (χ0) is 57.1. The number of hydrogen-bond acceptors (Lipinski definition) is 6. The SMILES string of the molecule is CC/C=C\C/C=C\C/C=C\C/C=C\C/C=C\CCCC(=O)OC(COC(=O)CCCCCC/C=C\C/C=C\C/C=C\C/C=C\CC)COC(=O)CCCCCCCCCCCCCCCC/C=C\C/C=C\C/C=C\C/C=C\CC. The fourth-order valence-electron chi connectivity index (χ4n) is 8.34. The maximum Gasteiger partial charge on any atom is 0.306 e. The fraction of sp³-hybridized carbons (Fsp3) is 0.603. The lowest BCUT2D eigenvalue weighted by atomic mass is 10.0. The summed E-state index contributed by atoms with van der Waals surface area (Å²) in [6, 6.07) is 0. The Labute approximate surface area is 486 Å². The second-order valence-corrected chi connectivity index (χ2v) is 20.5. The van der Waals surface area contributed by atoms with Crippen molar-refractivity contribution >= 4 is 17.9 Å². The van der Waals surface area contributed by atoms with E-state index in [-0.39, 0.29) is 37.5 Å². The van der Waals surface area contributed by atoms with Gasteiger partial charge in [0.2, 0.25) is 0 Å². The molecule has 1 unspecified atom stereocenters. The maximum absolute atomic E-state index is 12.9. The van der Waals surface area contributed by atoms with Crippen molar-refractivity contribution in [3.05, 3.63) is 158 Å². The van der Waals surface area contributed by atoms with Crippen molar-refractivity contribution in [3.8, 4) is 0 Å². The minimum Gasteiger partial charge on any atom is -0.462 e. The molecule has 0 aromatic heterocycles. The van der Waals surface area contributed by atoms with Gasteiger partial charge in [-0.15, -0.1) is 0 Å². The molecule has 0 rings (SSSR count). The quantitative estimate of drug-likeness (QED) is 0.0261. The first-order chi connectivity index (χ1) is 39.0. The molecule has 1 atom stereocenters. The number of rotatable bonds is 56. The maximum atomic E-state index is 12.9. The van der Waals surface area contributed by atoms with Crippen molar-refractivity contribution in [2.75, 3.05) is 13.2 Å². The second-order valence-electron chi connectivity index (χ2n) is 20.5. The number of carbonyl (C=O) groups is 3. The van der Waals surface area contributed by atoms with Crippen LogP contribution in [0.1, 0.15) is 265 Å². The third-order valence-corrected chi connectivity index (χ3v) is 13.0. The molecule has 0 aromatic rings. The molecular formula is C73H116O6. The molecule has 444 valence electrons. The molecule has 0 aliphatic rings. The first-order valence-electron chi connectivity index (χ1n) is 32.0. The van der Waals surface area contributed by atoms with Gasteiger partial charge in [0, 0.05) is 19.3 Å². The molecule has 79 heavy (non-hydrogen) atoms. The van der Waals surface area contributed by atoms with Gasteiger partial charge in [0.25, 0.3) is 0 Å². The molecule has 0 saturated heterocycles. The second kappa shape index (κ2) is 65.5. The van der Waals surface area contributed by atoms with E-state index in [0.29, 0.717) is 19.3 Å². The molecule has 0 amide bonds. The van der Waals surface area contributed by atoms with Gasteiger partial charge in [-0.25, -0.2) is 0 Å². The Hall–Kier alpha value is -4.97. The number of esters is 3. The van der Waals surface area contributed by atoms with Crippen molar-refractivity contribution in [1.82, 2.24) is 0 Å². The van der Waals surface area contributed by atoms with Crippen molar-refractivity contribution in [3.63, 3.8) is 0 Å². The molecule has 0 aliphatic carbocycles. The van der Waals surface area contributed by atoms with Gasteiger partial charge in [0.15, 0.2) is 6.10 Å². The van der Waals surface area contributed by atoms with Crippen LogP contribution in [0, 0.1) is 0 Å². The van der Waals surface area contributed by atoms with Gasteiger partial charge in [0.1, 0.15) is 13.2 Å². The summed E-state index contributed by atoms with van der Waals surface area (Å²) >= 11 is 0. The van der Waals surface area contributed by atoms with Crippen LogP contribution in [0.3, 0.4) is 0 Å². The summed E-state index contributed by atoms with van der Waals surface area (Å²) < 4.78 is 16.9. The van der Waals surface area contributed by atoms with Crippen molar-refractivity contribution in [1.29, 1.82) is 0 Å². The minimum atomic E-state index is -0.827. The molecule has 0 spiro atoms. The van der Waals surface area contributed by atoms with E-state index in [9.17, 15) is 14.4 Å². The molecule has 0 bridgehead atoms. The Morgan fingerprint density at radius 1 is 0.253 bits per heavy atom. The summed E-state index contributed by atoms with van der Waals surface area (Å²) in [6.07, 6.45) is 95.4. The largest absolute Gasteiger partial charge is 0.462 e. The van der Waals surface area contributed by atoms with Crippen LogP contribution in [0.25, 0.3) is 0 Å². The summed E-state index contributed by atoms with van der Waals surface area (Å²) in [5.41, 5.74) is 0. The number of carbonyl (C=O) groups excluding carboxylic acids is 3. The van der Waals surface area contributed by atoms with Gasteiger partial charge in [-0.05, 0) is 135 Å². The van der Waals surface area contributed by atoms with Crippen LogP contribution in [-0.2, 0) is 28.6 Å². The number of ether oxygens (including phenoxy) is 3. The smallest absolute Gasteiger partial charge is 0.306 e. The zero-order valence-corrected chi connectivity index (χ0v) is 50.8. The van der Waals surface area contributed by atoms with Crippen LogP contribution >= 0.6 is 0 Å². The Morgan fingerprint density at radius 3 is 0.747 bits per heavy atom. The minimum absolute atomic E-state index is 0.114. The molecule has 0 heterocycles. The lowest BCUT2D eigenvalue weighted by Crippen LogP contribution is -2.30. The molecule has 0 radical (unpaired) electrons. The molecule has 0 aliphatic heterocycles. The molecule has 0 fully saturated rings. The van der Waals surface area contributed by atoms with E-state index in [1.165, 1.54) is 77.0 Å². The van der Waals surface area contributed by atoms with E-state index in [1.807, 2.05) is 0 Å². The summed E-state index contributed by atoms with van der Waals surface area (Å²) in [6.45, 7) is 6.23. The average Bonchev–Trinajstić information content (AvgIpc) is 3.45. The van der Waals surface area contributed by atoms with Crippen LogP contribution < -0.4 is 0 Å². The first kappa shape index (κ1) is 74.0. The van der Waals surface area contributed by atoms with Gasteiger partial charge < -0.3 is 14.2 Å². The summed E-state index contributed by atoms with van der Waals surface area (Å²) in [5.74, 6) is -1.00. The van der Waals surface area contributed by atoms with Gasteiger partial charge in [-0.2, -0.15) is 0 Å². The predicted octanol–water partition coefficient (Wildman–Crippen LogP) is 22.1. The average molecular weight is 1090 g/mol. The van der Waals surface area contributed by atoms with Gasteiger partial charge in [-0.3, -0.25) is 14.4 Å². The normalized spacial score (nSPS) is 13.2. The lowest BCUT2D eigenvalue weighted by Gasteiger charge is -2.18. The van der Waals surface area contributed by atoms with Gasteiger partial charge in [0.05, 0.1) is 0 Å². The van der Waals surface area contributed by atoms with Crippen LogP contribution in [0.2, 0.25) is 0 Å². The molecular weight excluding hydrogens is 973 g/mol. The Morgan fingerprint density at radius 2 is 0.468 bits per heavy atom.